The summed E-state index contributed by atoms with van der Waals surface area (Å²) in [6.07, 6.45) is -3.73. The second kappa shape index (κ2) is 15.4. The van der Waals surface area contributed by atoms with Gasteiger partial charge >= 0.3 is 6.18 Å². The lowest BCUT2D eigenvalue weighted by molar-refractivity contribution is -0.140. The van der Waals surface area contributed by atoms with Crippen LogP contribution in [0.4, 0.5) is 24.5 Å². The number of aliphatic hydroxyl groups excluding tert-OH is 3. The Balaban J connectivity index is 1.52. The van der Waals surface area contributed by atoms with Crippen molar-refractivity contribution in [1.82, 2.24) is 13.8 Å². The lowest BCUT2D eigenvalue weighted by Gasteiger charge is -2.33. The molecule has 1 aliphatic rings. The predicted molar refractivity (Wildman–Crippen MR) is 169 cm³/mol. The van der Waals surface area contributed by atoms with Crippen molar-refractivity contribution >= 4 is 32.3 Å². The molecule has 0 spiro atoms. The van der Waals surface area contributed by atoms with Gasteiger partial charge in [-0.25, -0.2) is 8.42 Å². The first-order valence-electron chi connectivity index (χ1n) is 14.8. The van der Waals surface area contributed by atoms with E-state index in [2.05, 4.69) is 27.4 Å². The third-order valence-electron chi connectivity index (χ3n) is 7.79. The number of benzene rings is 2. The SMILES string of the molecule is COc1cc(S(=O)(=O)N(C)CCO)ccc1NCC#Cc1cc2c(NC3CCN(CC(O)CO)CC3)cccc2n1CC(F)(F)F. The van der Waals surface area contributed by atoms with E-state index >= 15 is 0 Å². The van der Waals surface area contributed by atoms with Gasteiger partial charge in [0, 0.05) is 56.4 Å². The minimum Gasteiger partial charge on any atom is -0.495 e. The molecule has 2 heterocycles. The smallest absolute Gasteiger partial charge is 0.406 e. The molecule has 3 aromatic rings. The number of likely N-dealkylation sites (N-methyl/N-ethyl adjacent to an activating group) is 1. The fraction of sp³-hybridized carbons (Fsp3) is 0.484. The normalized spacial score (nSPS) is 15.5. The minimum atomic E-state index is -4.48. The monoisotopic (exact) mass is 667 g/mol. The molecule has 11 nitrogen and oxygen atoms in total. The number of hydrogen-bond acceptors (Lipinski definition) is 9. The molecular formula is C31H40F3N5O6S. The summed E-state index contributed by atoms with van der Waals surface area (Å²) >= 11 is 0. The molecule has 1 fully saturated rings. The maximum atomic E-state index is 13.6. The van der Waals surface area contributed by atoms with Crippen LogP contribution in [0.1, 0.15) is 18.5 Å². The van der Waals surface area contributed by atoms with E-state index in [1.54, 1.807) is 18.2 Å². The predicted octanol–water partition coefficient (Wildman–Crippen LogP) is 2.52. The quantitative estimate of drug-likeness (QED) is 0.174. The summed E-state index contributed by atoms with van der Waals surface area (Å²) in [4.78, 5) is 2.05. The molecule has 252 valence electrons. The maximum Gasteiger partial charge on any atom is 0.406 e. The van der Waals surface area contributed by atoms with Crippen molar-refractivity contribution in [2.75, 3.05) is 70.7 Å². The van der Waals surface area contributed by atoms with Crippen molar-refractivity contribution in [3.8, 4) is 17.6 Å². The van der Waals surface area contributed by atoms with Gasteiger partial charge in [-0.15, -0.1) is 0 Å². The number of sulfonamides is 1. The zero-order valence-corrected chi connectivity index (χ0v) is 26.5. The zero-order chi connectivity index (χ0) is 33.5. The van der Waals surface area contributed by atoms with Crippen molar-refractivity contribution in [2.45, 2.75) is 42.6 Å². The Morgan fingerprint density at radius 1 is 1.13 bits per heavy atom. The van der Waals surface area contributed by atoms with Gasteiger partial charge in [-0.2, -0.15) is 17.5 Å². The van der Waals surface area contributed by atoms with Gasteiger partial charge in [0.2, 0.25) is 10.0 Å². The van der Waals surface area contributed by atoms with Crippen LogP contribution in [0.15, 0.2) is 47.4 Å². The number of β-amino-alcohol motifs (C(OH)–C–C–N with tert-alkyl or cyclic N) is 1. The number of aliphatic hydroxyl groups is 3. The highest BCUT2D eigenvalue weighted by Gasteiger charge is 2.30. The summed E-state index contributed by atoms with van der Waals surface area (Å²) < 4.78 is 73.9. The topological polar surface area (TPSA) is 140 Å². The van der Waals surface area contributed by atoms with E-state index in [0.717, 1.165) is 21.7 Å². The summed E-state index contributed by atoms with van der Waals surface area (Å²) in [5.41, 5.74) is 1.74. The van der Waals surface area contributed by atoms with Gasteiger partial charge in [-0.05, 0) is 49.1 Å². The Labute approximate surface area is 266 Å². The van der Waals surface area contributed by atoms with Gasteiger partial charge in [0.15, 0.2) is 0 Å². The molecule has 0 bridgehead atoms. The number of fused-ring (bicyclic) bond motifs is 1. The number of aromatic nitrogens is 1. The summed E-state index contributed by atoms with van der Waals surface area (Å²) in [7, 11) is -1.11. The Bertz CT molecular complexity index is 1650. The van der Waals surface area contributed by atoms with Gasteiger partial charge in [-0.1, -0.05) is 12.0 Å². The van der Waals surface area contributed by atoms with Crippen LogP contribution in [0.5, 0.6) is 5.75 Å². The Morgan fingerprint density at radius 3 is 2.52 bits per heavy atom. The van der Waals surface area contributed by atoms with E-state index in [4.69, 9.17) is 14.9 Å². The van der Waals surface area contributed by atoms with Crippen LogP contribution in [0.2, 0.25) is 0 Å². The summed E-state index contributed by atoms with van der Waals surface area (Å²) in [5, 5.41) is 35.1. The highest BCUT2D eigenvalue weighted by molar-refractivity contribution is 7.89. The number of hydrogen-bond donors (Lipinski definition) is 5. The number of ether oxygens (including phenoxy) is 1. The fourth-order valence-electron chi connectivity index (χ4n) is 5.39. The first kappa shape index (κ1) is 35.3. The molecule has 4 rings (SSSR count). The third-order valence-corrected chi connectivity index (χ3v) is 9.64. The first-order chi connectivity index (χ1) is 21.9. The second-order valence-corrected chi connectivity index (χ2v) is 13.1. The highest BCUT2D eigenvalue weighted by atomic mass is 32.2. The molecule has 1 aliphatic heterocycles. The Hall–Kier alpha value is -3.52. The van der Waals surface area contributed by atoms with E-state index in [-0.39, 0.29) is 48.7 Å². The molecule has 46 heavy (non-hydrogen) atoms. The van der Waals surface area contributed by atoms with Gasteiger partial charge < -0.3 is 40.2 Å². The average molecular weight is 668 g/mol. The number of halogens is 3. The van der Waals surface area contributed by atoms with E-state index < -0.39 is 28.8 Å². The molecule has 1 atom stereocenters. The molecule has 1 unspecified atom stereocenters. The van der Waals surface area contributed by atoms with Gasteiger partial charge in [0.1, 0.15) is 12.3 Å². The summed E-state index contributed by atoms with van der Waals surface area (Å²) in [6.45, 7) is -0.0505. The van der Waals surface area contributed by atoms with Crippen molar-refractivity contribution < 1.29 is 41.6 Å². The Kier molecular flexibility index (Phi) is 11.8. The van der Waals surface area contributed by atoms with Crippen molar-refractivity contribution in [3.05, 3.63) is 48.2 Å². The van der Waals surface area contributed by atoms with Crippen LogP contribution in [-0.4, -0.2) is 116 Å². The first-order valence-corrected chi connectivity index (χ1v) is 16.2. The van der Waals surface area contributed by atoms with Crippen LogP contribution >= 0.6 is 0 Å². The molecule has 1 aromatic heterocycles. The van der Waals surface area contributed by atoms with Gasteiger partial charge in [-0.3, -0.25) is 0 Å². The van der Waals surface area contributed by atoms with Crippen LogP contribution in [0, 0.1) is 11.8 Å². The number of likely N-dealkylation sites (tertiary alicyclic amines) is 1. The number of piperidine rings is 1. The third kappa shape index (κ3) is 8.84. The number of methoxy groups -OCH3 is 1. The molecule has 0 aliphatic carbocycles. The van der Waals surface area contributed by atoms with Crippen LogP contribution < -0.4 is 15.4 Å². The van der Waals surface area contributed by atoms with Crippen molar-refractivity contribution in [3.63, 3.8) is 0 Å². The molecule has 1 saturated heterocycles. The molecule has 0 amide bonds. The van der Waals surface area contributed by atoms with E-state index in [1.807, 2.05) is 6.07 Å². The zero-order valence-electron chi connectivity index (χ0n) is 25.7. The molecule has 2 aromatic carbocycles. The summed E-state index contributed by atoms with van der Waals surface area (Å²) in [6, 6.07) is 11.2. The molecule has 0 radical (unpaired) electrons. The van der Waals surface area contributed by atoms with E-state index in [0.29, 0.717) is 41.9 Å². The van der Waals surface area contributed by atoms with Crippen molar-refractivity contribution in [2.24, 2.45) is 0 Å². The van der Waals surface area contributed by atoms with Gasteiger partial charge in [0.25, 0.3) is 0 Å². The lowest BCUT2D eigenvalue weighted by atomic mass is 10.0. The molecule has 5 N–H and O–H groups in total. The number of nitrogens with zero attached hydrogens (tertiary/aromatic N) is 3. The largest absolute Gasteiger partial charge is 0.495 e. The lowest BCUT2D eigenvalue weighted by Crippen LogP contribution is -2.43. The maximum absolute atomic E-state index is 13.6. The number of anilines is 2. The fourth-order valence-corrected chi connectivity index (χ4v) is 6.57. The second-order valence-electron chi connectivity index (χ2n) is 11.1. The number of alkyl halides is 3. The number of nitrogens with one attached hydrogen (secondary N) is 2. The number of rotatable bonds is 13. The minimum absolute atomic E-state index is 0.0240. The Morgan fingerprint density at radius 2 is 1.87 bits per heavy atom. The molecule has 0 saturated carbocycles. The van der Waals surface area contributed by atoms with Gasteiger partial charge in [0.05, 0.1) is 54.8 Å². The van der Waals surface area contributed by atoms with Crippen molar-refractivity contribution in [1.29, 1.82) is 0 Å². The van der Waals surface area contributed by atoms with E-state index in [1.165, 1.54) is 32.4 Å². The average Bonchev–Trinajstić information content (AvgIpc) is 3.36. The van der Waals surface area contributed by atoms with Crippen LogP contribution in [-0.2, 0) is 16.6 Å². The highest BCUT2D eigenvalue weighted by Crippen LogP contribution is 2.32. The molecule has 15 heteroatoms. The molecular weight excluding hydrogens is 627 g/mol. The van der Waals surface area contributed by atoms with Crippen LogP contribution in [0.3, 0.4) is 0 Å². The van der Waals surface area contributed by atoms with E-state index in [9.17, 15) is 26.7 Å². The van der Waals surface area contributed by atoms with Crippen LogP contribution in [0.25, 0.3) is 10.9 Å². The standard InChI is InChI=1S/C31H40F3N5O6S/c1-37(15-16-40)46(43,44)25-8-9-28(30(18-25)45-2)35-12-4-5-23-17-26-27(6-3-7-29(26)39(23)21-31(32,33)34)36-22-10-13-38(14-11-22)19-24(42)20-41/h3,6-9,17-18,22,24,35-36,40-42H,10-16,19-21H2,1-2H3. The summed E-state index contributed by atoms with van der Waals surface area (Å²) in [5.74, 6) is 5.97.